The number of hydrogen-bond acceptors (Lipinski definition) is 6. The van der Waals surface area contributed by atoms with Crippen molar-refractivity contribution in [2.24, 2.45) is 5.73 Å². The monoisotopic (exact) mass is 375 g/mol. The fourth-order valence-corrected chi connectivity index (χ4v) is 3.12. The van der Waals surface area contributed by atoms with Gasteiger partial charge in [-0.1, -0.05) is 6.92 Å². The second-order valence-corrected chi connectivity index (χ2v) is 6.27. The molecule has 144 valence electrons. The molecule has 0 bridgehead atoms. The van der Waals surface area contributed by atoms with E-state index < -0.39 is 0 Å². The van der Waals surface area contributed by atoms with Crippen LogP contribution >= 0.6 is 12.4 Å². The van der Waals surface area contributed by atoms with E-state index in [0.717, 1.165) is 31.5 Å². The predicted molar refractivity (Wildman–Crippen MR) is 96.7 cm³/mol. The minimum atomic E-state index is -0.127. The number of aromatic nitrogens is 3. The number of nitrogens with two attached hydrogens (primary N) is 1. The first-order valence-corrected chi connectivity index (χ1v) is 8.71. The molecule has 0 aliphatic heterocycles. The number of nitrogens with one attached hydrogen (secondary N) is 1. The third kappa shape index (κ3) is 5.91. The van der Waals surface area contributed by atoms with E-state index in [4.69, 9.17) is 10.5 Å². The van der Waals surface area contributed by atoms with Crippen LogP contribution in [0, 0.1) is 0 Å². The molecule has 25 heavy (non-hydrogen) atoms. The first-order valence-electron chi connectivity index (χ1n) is 8.71. The fraction of sp³-hybridized carbons (Fsp3) is 0.812. The lowest BCUT2D eigenvalue weighted by atomic mass is 9.83. The summed E-state index contributed by atoms with van der Waals surface area (Å²) in [7, 11) is 1.59. The summed E-state index contributed by atoms with van der Waals surface area (Å²) in [4.78, 5) is 16.1. The first-order chi connectivity index (χ1) is 11.6. The summed E-state index contributed by atoms with van der Waals surface area (Å²) in [6, 6.07) is 0.0485. The second-order valence-electron chi connectivity index (χ2n) is 6.27. The quantitative estimate of drug-likeness (QED) is 0.604. The third-order valence-corrected chi connectivity index (χ3v) is 4.40. The standard InChI is InChI=1S/C16H29N5O3.ClH/c1-3-8-24-13-9-11(4-5-12(13)17)16-19-14(10-15(23)18-2)20-21(16)6-7-22;/h11-13,22H,3-10,17H2,1-2H3,(H,18,23);1H/t11-,12+,13+;/m0./s1. The van der Waals surface area contributed by atoms with E-state index in [-0.39, 0.29) is 49.4 Å². The van der Waals surface area contributed by atoms with Crippen LogP contribution in [0.2, 0.25) is 0 Å². The Morgan fingerprint density at radius 2 is 2.24 bits per heavy atom. The summed E-state index contributed by atoms with van der Waals surface area (Å²) < 4.78 is 7.61. The molecule has 0 spiro atoms. The van der Waals surface area contributed by atoms with Crippen molar-refractivity contribution in [3.63, 3.8) is 0 Å². The van der Waals surface area contributed by atoms with Gasteiger partial charge in [0.2, 0.25) is 5.91 Å². The molecule has 0 saturated heterocycles. The molecular formula is C16H30ClN5O3. The average Bonchev–Trinajstić information content (AvgIpc) is 2.96. The normalized spacial score (nSPS) is 23.1. The number of ether oxygens (including phenoxy) is 1. The van der Waals surface area contributed by atoms with Crippen LogP contribution in [0.25, 0.3) is 0 Å². The van der Waals surface area contributed by atoms with Crippen molar-refractivity contribution in [2.45, 2.75) is 63.6 Å². The van der Waals surface area contributed by atoms with Crippen LogP contribution in [0.4, 0.5) is 0 Å². The molecule has 1 aromatic rings. The number of hydrogen-bond donors (Lipinski definition) is 3. The van der Waals surface area contributed by atoms with Crippen molar-refractivity contribution in [2.75, 3.05) is 20.3 Å². The molecule has 3 atom stereocenters. The van der Waals surface area contributed by atoms with Gasteiger partial charge in [0.25, 0.3) is 0 Å². The molecule has 1 amide bonds. The molecule has 1 saturated carbocycles. The van der Waals surface area contributed by atoms with Crippen molar-refractivity contribution in [3.8, 4) is 0 Å². The number of aliphatic hydroxyl groups excluding tert-OH is 1. The zero-order valence-electron chi connectivity index (χ0n) is 15.0. The maximum Gasteiger partial charge on any atom is 0.227 e. The van der Waals surface area contributed by atoms with Gasteiger partial charge >= 0.3 is 0 Å². The van der Waals surface area contributed by atoms with Crippen molar-refractivity contribution in [3.05, 3.63) is 11.6 Å². The van der Waals surface area contributed by atoms with Crippen LogP contribution in [0.5, 0.6) is 0 Å². The molecule has 1 heterocycles. The van der Waals surface area contributed by atoms with Gasteiger partial charge in [-0.15, -0.1) is 12.4 Å². The lowest BCUT2D eigenvalue weighted by Crippen LogP contribution is -2.42. The molecule has 9 heteroatoms. The molecule has 1 aliphatic rings. The highest BCUT2D eigenvalue weighted by Crippen LogP contribution is 2.33. The van der Waals surface area contributed by atoms with E-state index >= 15 is 0 Å². The summed E-state index contributed by atoms with van der Waals surface area (Å²) in [5.41, 5.74) is 6.19. The summed E-state index contributed by atoms with van der Waals surface area (Å²) in [6.07, 6.45) is 3.71. The Morgan fingerprint density at radius 3 is 2.88 bits per heavy atom. The average molecular weight is 376 g/mol. The number of likely N-dealkylation sites (N-methyl/N-ethyl adjacent to an activating group) is 1. The Morgan fingerprint density at radius 1 is 1.48 bits per heavy atom. The second kappa shape index (κ2) is 10.7. The van der Waals surface area contributed by atoms with E-state index in [1.54, 1.807) is 11.7 Å². The Kier molecular flexibility index (Phi) is 9.34. The molecule has 0 aromatic carbocycles. The number of amides is 1. The van der Waals surface area contributed by atoms with E-state index in [1.165, 1.54) is 0 Å². The minimum absolute atomic E-state index is 0. The van der Waals surface area contributed by atoms with Gasteiger partial charge in [0, 0.05) is 25.6 Å². The van der Waals surface area contributed by atoms with Gasteiger partial charge in [0.1, 0.15) is 5.82 Å². The molecule has 0 radical (unpaired) electrons. The van der Waals surface area contributed by atoms with Gasteiger partial charge in [-0.3, -0.25) is 4.79 Å². The summed E-state index contributed by atoms with van der Waals surface area (Å²) in [6.45, 7) is 3.14. The number of halogens is 1. The van der Waals surface area contributed by atoms with Crippen molar-refractivity contribution < 1.29 is 14.6 Å². The molecule has 0 unspecified atom stereocenters. The van der Waals surface area contributed by atoms with Crippen molar-refractivity contribution in [1.29, 1.82) is 0 Å². The van der Waals surface area contributed by atoms with Crippen LogP contribution < -0.4 is 11.1 Å². The van der Waals surface area contributed by atoms with Crippen LogP contribution in [0.15, 0.2) is 0 Å². The first kappa shape index (κ1) is 21.8. The Labute approximate surface area is 154 Å². The van der Waals surface area contributed by atoms with E-state index in [9.17, 15) is 9.90 Å². The molecule has 8 nitrogen and oxygen atoms in total. The number of rotatable bonds is 8. The van der Waals surface area contributed by atoms with Gasteiger partial charge in [0.05, 0.1) is 25.7 Å². The molecule has 2 rings (SSSR count). The molecule has 1 fully saturated rings. The van der Waals surface area contributed by atoms with Crippen LogP contribution in [-0.2, 0) is 22.5 Å². The van der Waals surface area contributed by atoms with Gasteiger partial charge in [-0.2, -0.15) is 5.10 Å². The number of carbonyl (C=O) groups excluding carboxylic acids is 1. The lowest BCUT2D eigenvalue weighted by molar-refractivity contribution is -0.120. The van der Waals surface area contributed by atoms with Crippen LogP contribution in [0.1, 0.15) is 50.2 Å². The molecule has 1 aromatic heterocycles. The summed E-state index contributed by atoms with van der Waals surface area (Å²) in [5.74, 6) is 1.36. The maximum absolute atomic E-state index is 11.6. The highest BCUT2D eigenvalue weighted by Gasteiger charge is 2.32. The largest absolute Gasteiger partial charge is 0.394 e. The third-order valence-electron chi connectivity index (χ3n) is 4.40. The molecular weight excluding hydrogens is 346 g/mol. The van der Waals surface area contributed by atoms with Gasteiger partial charge in [0.15, 0.2) is 5.82 Å². The lowest BCUT2D eigenvalue weighted by Gasteiger charge is -2.33. The Balaban J connectivity index is 0.00000312. The van der Waals surface area contributed by atoms with Crippen molar-refractivity contribution >= 4 is 18.3 Å². The zero-order chi connectivity index (χ0) is 17.5. The van der Waals surface area contributed by atoms with E-state index in [0.29, 0.717) is 19.0 Å². The van der Waals surface area contributed by atoms with Crippen LogP contribution in [0.3, 0.4) is 0 Å². The zero-order valence-corrected chi connectivity index (χ0v) is 15.8. The van der Waals surface area contributed by atoms with Crippen molar-refractivity contribution in [1.82, 2.24) is 20.1 Å². The Hall–Kier alpha value is -1.22. The topological polar surface area (TPSA) is 115 Å². The van der Waals surface area contributed by atoms with Gasteiger partial charge < -0.3 is 20.9 Å². The van der Waals surface area contributed by atoms with Crippen LogP contribution in [-0.4, -0.2) is 58.2 Å². The number of nitrogens with zero attached hydrogens (tertiary/aromatic N) is 3. The number of aliphatic hydroxyl groups is 1. The smallest absolute Gasteiger partial charge is 0.227 e. The predicted octanol–water partition coefficient (Wildman–Crippen LogP) is 0.371. The van der Waals surface area contributed by atoms with Gasteiger partial charge in [-0.05, 0) is 25.7 Å². The molecule has 1 aliphatic carbocycles. The SMILES string of the molecule is CCCO[C@@H]1C[C@@H](c2nc(CC(=O)NC)nn2CCO)CC[C@H]1N.Cl. The molecule has 4 N–H and O–H groups in total. The Bertz CT molecular complexity index is 540. The summed E-state index contributed by atoms with van der Waals surface area (Å²) >= 11 is 0. The van der Waals surface area contributed by atoms with E-state index in [1.807, 2.05) is 0 Å². The fourth-order valence-electron chi connectivity index (χ4n) is 3.12. The highest BCUT2D eigenvalue weighted by molar-refractivity contribution is 5.85. The number of carbonyl (C=O) groups is 1. The van der Waals surface area contributed by atoms with Gasteiger partial charge in [-0.25, -0.2) is 9.67 Å². The highest BCUT2D eigenvalue weighted by atomic mass is 35.5. The summed E-state index contributed by atoms with van der Waals surface area (Å²) in [5, 5.41) is 16.2. The minimum Gasteiger partial charge on any atom is -0.394 e. The van der Waals surface area contributed by atoms with E-state index in [2.05, 4.69) is 22.3 Å². The maximum atomic E-state index is 11.6.